The van der Waals surface area contributed by atoms with Crippen LogP contribution >= 0.6 is 0 Å². The van der Waals surface area contributed by atoms with Crippen LogP contribution in [0.5, 0.6) is 0 Å². The Bertz CT molecular complexity index is 257. The number of furan rings is 1. The van der Waals surface area contributed by atoms with Crippen LogP contribution in [0.25, 0.3) is 0 Å². The topological polar surface area (TPSA) is 65.2 Å². The van der Waals surface area contributed by atoms with Gasteiger partial charge < -0.3 is 15.9 Å². The minimum absolute atomic E-state index is 0.0303. The zero-order chi connectivity index (χ0) is 9.84. The minimum atomic E-state index is -0.0303. The molecule has 0 spiro atoms. The molecule has 74 valence electrons. The molecule has 3 heteroatoms. The van der Waals surface area contributed by atoms with Crippen molar-refractivity contribution in [1.82, 2.24) is 0 Å². The van der Waals surface area contributed by atoms with Gasteiger partial charge in [-0.2, -0.15) is 0 Å². The van der Waals surface area contributed by atoms with Gasteiger partial charge in [-0.1, -0.05) is 6.92 Å². The van der Waals surface area contributed by atoms with Crippen LogP contribution in [0.3, 0.4) is 0 Å². The zero-order valence-corrected chi connectivity index (χ0v) is 8.29. The van der Waals surface area contributed by atoms with Gasteiger partial charge in [-0.25, -0.2) is 0 Å². The first-order valence-electron chi connectivity index (χ1n) is 4.67. The second-order valence-electron chi connectivity index (χ2n) is 3.53. The third-order valence-electron chi connectivity index (χ3n) is 2.32. The van der Waals surface area contributed by atoms with Crippen molar-refractivity contribution in [1.29, 1.82) is 0 Å². The molecule has 1 heterocycles. The molecule has 0 saturated carbocycles. The molecule has 2 atom stereocenters. The molecule has 2 unspecified atom stereocenters. The summed E-state index contributed by atoms with van der Waals surface area (Å²) in [6.45, 7) is 4.69. The summed E-state index contributed by atoms with van der Waals surface area (Å²) in [6, 6.07) is 3.84. The molecular weight excluding hydrogens is 164 g/mol. The molecule has 1 rings (SSSR count). The van der Waals surface area contributed by atoms with E-state index in [0.29, 0.717) is 12.5 Å². The van der Waals surface area contributed by atoms with Gasteiger partial charge in [0, 0.05) is 0 Å². The van der Waals surface area contributed by atoms with Crippen LogP contribution in [0.15, 0.2) is 16.5 Å². The Balaban J connectivity index is 2.61. The van der Waals surface area contributed by atoms with E-state index >= 15 is 0 Å². The average Bonchev–Trinajstić information content (AvgIpc) is 2.51. The minimum Gasteiger partial charge on any atom is -0.465 e. The molecule has 0 aliphatic rings. The first-order valence-corrected chi connectivity index (χ1v) is 4.67. The summed E-state index contributed by atoms with van der Waals surface area (Å²) in [5, 5.41) is 0. The van der Waals surface area contributed by atoms with Gasteiger partial charge in [0.25, 0.3) is 0 Å². The van der Waals surface area contributed by atoms with Gasteiger partial charge in [0.1, 0.15) is 11.5 Å². The molecule has 3 nitrogen and oxygen atoms in total. The fourth-order valence-corrected chi connectivity index (χ4v) is 1.36. The Hall–Kier alpha value is -0.800. The molecule has 0 aliphatic heterocycles. The summed E-state index contributed by atoms with van der Waals surface area (Å²) in [5.41, 5.74) is 11.5. The van der Waals surface area contributed by atoms with Crippen LogP contribution in [0.1, 0.15) is 30.9 Å². The average molecular weight is 182 g/mol. The van der Waals surface area contributed by atoms with E-state index < -0.39 is 0 Å². The Morgan fingerprint density at radius 3 is 2.62 bits per heavy atom. The first kappa shape index (κ1) is 10.3. The van der Waals surface area contributed by atoms with Crippen molar-refractivity contribution in [2.45, 2.75) is 26.3 Å². The Morgan fingerprint density at radius 2 is 2.15 bits per heavy atom. The van der Waals surface area contributed by atoms with Gasteiger partial charge in [-0.15, -0.1) is 0 Å². The van der Waals surface area contributed by atoms with Crippen molar-refractivity contribution in [2.24, 2.45) is 17.4 Å². The summed E-state index contributed by atoms with van der Waals surface area (Å²) >= 11 is 0. The number of rotatable bonds is 4. The molecule has 0 fully saturated rings. The van der Waals surface area contributed by atoms with Crippen LogP contribution in [0.2, 0.25) is 0 Å². The number of aryl methyl sites for hydroxylation is 1. The standard InChI is InChI=1S/C10H18N2O/c1-7(5-6-11)10(12)9-4-3-8(2)13-9/h3-4,7,10H,5-6,11-12H2,1-2H3. The van der Waals surface area contributed by atoms with Crippen LogP contribution in [0.4, 0.5) is 0 Å². The van der Waals surface area contributed by atoms with Gasteiger partial charge >= 0.3 is 0 Å². The van der Waals surface area contributed by atoms with Gasteiger partial charge in [-0.05, 0) is 37.9 Å². The predicted molar refractivity (Wildman–Crippen MR) is 53.2 cm³/mol. The van der Waals surface area contributed by atoms with Crippen LogP contribution in [0, 0.1) is 12.8 Å². The maximum Gasteiger partial charge on any atom is 0.121 e. The fraction of sp³-hybridized carbons (Fsp3) is 0.600. The third kappa shape index (κ3) is 2.57. The number of nitrogens with two attached hydrogens (primary N) is 2. The smallest absolute Gasteiger partial charge is 0.121 e. The van der Waals surface area contributed by atoms with E-state index in [1.165, 1.54) is 0 Å². The molecule has 1 aromatic heterocycles. The summed E-state index contributed by atoms with van der Waals surface area (Å²) in [4.78, 5) is 0. The second-order valence-corrected chi connectivity index (χ2v) is 3.53. The monoisotopic (exact) mass is 182 g/mol. The van der Waals surface area contributed by atoms with E-state index in [1.807, 2.05) is 19.1 Å². The van der Waals surface area contributed by atoms with Crippen molar-refractivity contribution in [3.05, 3.63) is 23.7 Å². The third-order valence-corrected chi connectivity index (χ3v) is 2.32. The van der Waals surface area contributed by atoms with Crippen molar-refractivity contribution < 1.29 is 4.42 Å². The Morgan fingerprint density at radius 1 is 1.46 bits per heavy atom. The Labute approximate surface area is 79.1 Å². The van der Waals surface area contributed by atoms with Crippen LogP contribution in [-0.4, -0.2) is 6.54 Å². The molecule has 0 aliphatic carbocycles. The Kier molecular flexibility index (Phi) is 3.51. The number of hydrogen-bond acceptors (Lipinski definition) is 3. The maximum atomic E-state index is 5.99. The summed E-state index contributed by atoms with van der Waals surface area (Å²) < 4.78 is 5.45. The molecule has 13 heavy (non-hydrogen) atoms. The van der Waals surface area contributed by atoms with Gasteiger partial charge in [0.05, 0.1) is 6.04 Å². The van der Waals surface area contributed by atoms with Crippen molar-refractivity contribution >= 4 is 0 Å². The van der Waals surface area contributed by atoms with E-state index in [1.54, 1.807) is 0 Å². The van der Waals surface area contributed by atoms with Crippen LogP contribution in [-0.2, 0) is 0 Å². The highest BCUT2D eigenvalue weighted by Gasteiger charge is 2.16. The van der Waals surface area contributed by atoms with Crippen LogP contribution < -0.4 is 11.5 Å². The van der Waals surface area contributed by atoms with Crippen molar-refractivity contribution in [2.75, 3.05) is 6.54 Å². The molecule has 0 aromatic carbocycles. The number of hydrogen-bond donors (Lipinski definition) is 2. The predicted octanol–water partition coefficient (Wildman–Crippen LogP) is 1.57. The second kappa shape index (κ2) is 4.44. The first-order chi connectivity index (χ1) is 6.15. The van der Waals surface area contributed by atoms with E-state index in [0.717, 1.165) is 17.9 Å². The molecular formula is C10H18N2O. The SMILES string of the molecule is Cc1ccc(C(N)C(C)CCN)o1. The summed E-state index contributed by atoms with van der Waals surface area (Å²) in [5.74, 6) is 2.14. The largest absolute Gasteiger partial charge is 0.465 e. The van der Waals surface area contributed by atoms with E-state index in [9.17, 15) is 0 Å². The molecule has 1 aromatic rings. The quantitative estimate of drug-likeness (QED) is 0.742. The van der Waals surface area contributed by atoms with Gasteiger partial charge in [0.15, 0.2) is 0 Å². The molecule has 0 bridgehead atoms. The van der Waals surface area contributed by atoms with Crippen molar-refractivity contribution in [3.63, 3.8) is 0 Å². The van der Waals surface area contributed by atoms with E-state index in [-0.39, 0.29) is 6.04 Å². The lowest BCUT2D eigenvalue weighted by Crippen LogP contribution is -2.21. The molecule has 0 amide bonds. The maximum absolute atomic E-state index is 5.99. The molecule has 0 radical (unpaired) electrons. The summed E-state index contributed by atoms with van der Waals surface area (Å²) in [7, 11) is 0. The summed E-state index contributed by atoms with van der Waals surface area (Å²) in [6.07, 6.45) is 0.931. The lowest BCUT2D eigenvalue weighted by molar-refractivity contribution is 0.363. The van der Waals surface area contributed by atoms with E-state index in [2.05, 4.69) is 6.92 Å². The van der Waals surface area contributed by atoms with Gasteiger partial charge in [0.2, 0.25) is 0 Å². The zero-order valence-electron chi connectivity index (χ0n) is 8.29. The van der Waals surface area contributed by atoms with E-state index in [4.69, 9.17) is 15.9 Å². The highest BCUT2D eigenvalue weighted by Crippen LogP contribution is 2.22. The van der Waals surface area contributed by atoms with Crippen molar-refractivity contribution in [3.8, 4) is 0 Å². The molecule has 4 N–H and O–H groups in total. The lowest BCUT2D eigenvalue weighted by atomic mass is 9.97. The highest BCUT2D eigenvalue weighted by atomic mass is 16.3. The lowest BCUT2D eigenvalue weighted by Gasteiger charge is -2.16. The van der Waals surface area contributed by atoms with Gasteiger partial charge in [-0.3, -0.25) is 0 Å². The highest BCUT2D eigenvalue weighted by molar-refractivity contribution is 5.09. The normalized spacial score (nSPS) is 15.7. The fourth-order valence-electron chi connectivity index (χ4n) is 1.36. The molecule has 0 saturated heterocycles.